The van der Waals surface area contributed by atoms with E-state index in [0.29, 0.717) is 0 Å². The van der Waals surface area contributed by atoms with Crippen LogP contribution in [-0.4, -0.2) is 0 Å². The van der Waals surface area contributed by atoms with Gasteiger partial charge in [-0.25, -0.2) is 0 Å². The molecule has 0 bridgehead atoms. The summed E-state index contributed by atoms with van der Waals surface area (Å²) in [4.78, 5) is 0. The molecule has 0 aliphatic heterocycles. The molecule has 2 nitrogen and oxygen atoms in total. The Labute approximate surface area is 170 Å². The van der Waals surface area contributed by atoms with Gasteiger partial charge in [0.15, 0.2) is 0 Å². The monoisotopic (exact) mass is 306 g/mol. The van der Waals surface area contributed by atoms with Crippen LogP contribution in [0.2, 0.25) is 0 Å². The molecule has 0 aliphatic carbocycles. The first-order valence-electron chi connectivity index (χ1n) is 7.61. The standard InChI is InChI=1S/C20H24N2.2Li/c1-13-9-15(3)19(16(4)10-13)21-7-8-22-20-17(5)11-14(2)12-18(20)6;;/h7-12H,1-6H3;;/q-2;2*+1/b8-7-;;. The Kier molecular flexibility index (Phi) is 9.65. The third kappa shape index (κ3) is 5.80. The van der Waals surface area contributed by atoms with Gasteiger partial charge in [-0.05, 0) is 41.5 Å². The first kappa shape index (κ1) is 23.0. The van der Waals surface area contributed by atoms with E-state index in [1.54, 1.807) is 12.4 Å². The van der Waals surface area contributed by atoms with E-state index < -0.39 is 0 Å². The average Bonchev–Trinajstić information content (AvgIpc) is 2.38. The van der Waals surface area contributed by atoms with Crippen LogP contribution in [0.15, 0.2) is 36.7 Å². The van der Waals surface area contributed by atoms with E-state index in [9.17, 15) is 0 Å². The van der Waals surface area contributed by atoms with E-state index in [4.69, 9.17) is 0 Å². The van der Waals surface area contributed by atoms with E-state index in [0.717, 1.165) is 11.4 Å². The van der Waals surface area contributed by atoms with Crippen LogP contribution in [0.4, 0.5) is 11.4 Å². The maximum atomic E-state index is 4.56. The Morgan fingerprint density at radius 3 is 1.04 bits per heavy atom. The summed E-state index contributed by atoms with van der Waals surface area (Å²) in [5.74, 6) is 0. The molecular formula is C20H24Li2N2. The quantitative estimate of drug-likeness (QED) is 0.745. The molecule has 0 aliphatic rings. The van der Waals surface area contributed by atoms with Crippen molar-refractivity contribution in [1.82, 2.24) is 0 Å². The van der Waals surface area contributed by atoms with Gasteiger partial charge in [-0.3, -0.25) is 0 Å². The van der Waals surface area contributed by atoms with Crippen LogP contribution < -0.4 is 37.7 Å². The van der Waals surface area contributed by atoms with Gasteiger partial charge in [0.2, 0.25) is 0 Å². The number of hydrogen-bond acceptors (Lipinski definition) is 0. The number of nitrogens with zero attached hydrogens (tertiary/aromatic N) is 2. The fourth-order valence-corrected chi connectivity index (χ4v) is 2.97. The first-order chi connectivity index (χ1) is 10.4. The Balaban J connectivity index is 0.00000264. The molecule has 0 unspecified atom stereocenters. The Bertz CT molecular complexity index is 614. The normalized spacial score (nSPS) is 10.1. The molecule has 24 heavy (non-hydrogen) atoms. The smallest absolute Gasteiger partial charge is 0.665 e. The van der Waals surface area contributed by atoms with Crippen molar-refractivity contribution in [2.24, 2.45) is 0 Å². The molecule has 0 saturated heterocycles. The molecule has 2 rings (SSSR count). The van der Waals surface area contributed by atoms with Crippen LogP contribution in [0.25, 0.3) is 10.6 Å². The van der Waals surface area contributed by atoms with Gasteiger partial charge < -0.3 is 10.6 Å². The summed E-state index contributed by atoms with van der Waals surface area (Å²) in [5, 5.41) is 9.13. The summed E-state index contributed by atoms with van der Waals surface area (Å²) in [7, 11) is 0. The van der Waals surface area contributed by atoms with E-state index in [2.05, 4.69) is 76.4 Å². The van der Waals surface area contributed by atoms with E-state index in [1.165, 1.54) is 33.4 Å². The molecule has 0 spiro atoms. The predicted octanol–water partition coefficient (Wildman–Crippen LogP) is 0.727. The second kappa shape index (κ2) is 10.1. The second-order valence-electron chi connectivity index (χ2n) is 6.05. The zero-order valence-electron chi connectivity index (χ0n) is 16.4. The maximum absolute atomic E-state index is 4.56. The van der Waals surface area contributed by atoms with Crippen molar-refractivity contribution in [1.29, 1.82) is 0 Å². The van der Waals surface area contributed by atoms with Crippen LogP contribution in [0.3, 0.4) is 0 Å². The fourth-order valence-electron chi connectivity index (χ4n) is 2.97. The molecule has 2 aromatic rings. The molecule has 0 atom stereocenters. The summed E-state index contributed by atoms with van der Waals surface area (Å²) < 4.78 is 0. The van der Waals surface area contributed by atoms with Crippen molar-refractivity contribution < 1.29 is 37.7 Å². The molecule has 116 valence electrons. The minimum Gasteiger partial charge on any atom is -0.665 e. The van der Waals surface area contributed by atoms with Crippen molar-refractivity contribution in [2.45, 2.75) is 41.5 Å². The third-order valence-electron chi connectivity index (χ3n) is 3.74. The molecule has 2 aromatic carbocycles. The van der Waals surface area contributed by atoms with Crippen LogP contribution in [0.1, 0.15) is 33.4 Å². The van der Waals surface area contributed by atoms with Crippen molar-refractivity contribution in [3.05, 3.63) is 80.7 Å². The zero-order valence-corrected chi connectivity index (χ0v) is 16.4. The molecule has 0 fully saturated rings. The van der Waals surface area contributed by atoms with Crippen molar-refractivity contribution in [3.63, 3.8) is 0 Å². The van der Waals surface area contributed by atoms with Crippen LogP contribution in [-0.2, 0) is 0 Å². The van der Waals surface area contributed by atoms with E-state index in [-0.39, 0.29) is 37.7 Å². The SMILES string of the molecule is Cc1cc(C)c([N-]/C=C\[N-]c2c(C)cc(C)cc2C)c(C)c1.[Li+].[Li+]. The number of aryl methyl sites for hydroxylation is 6. The number of hydrogen-bond donors (Lipinski definition) is 0. The number of rotatable bonds is 4. The minimum atomic E-state index is 0. The molecule has 0 N–H and O–H groups in total. The van der Waals surface area contributed by atoms with Gasteiger partial charge in [0.25, 0.3) is 0 Å². The van der Waals surface area contributed by atoms with Crippen molar-refractivity contribution in [2.75, 3.05) is 0 Å². The van der Waals surface area contributed by atoms with Gasteiger partial charge in [-0.2, -0.15) is 12.4 Å². The predicted molar refractivity (Wildman–Crippen MR) is 96.5 cm³/mol. The summed E-state index contributed by atoms with van der Waals surface area (Å²) >= 11 is 0. The molecule has 0 amide bonds. The Hall–Kier alpha value is -1.03. The van der Waals surface area contributed by atoms with Gasteiger partial charge in [0, 0.05) is 0 Å². The minimum absolute atomic E-state index is 0. The first-order valence-corrected chi connectivity index (χ1v) is 7.61. The van der Waals surface area contributed by atoms with Crippen molar-refractivity contribution in [3.8, 4) is 0 Å². The third-order valence-corrected chi connectivity index (χ3v) is 3.74. The van der Waals surface area contributed by atoms with Gasteiger partial charge in [-0.15, -0.1) is 11.4 Å². The zero-order chi connectivity index (χ0) is 16.3. The molecule has 0 saturated carbocycles. The van der Waals surface area contributed by atoms with Gasteiger partial charge in [-0.1, -0.05) is 57.6 Å². The molecule has 0 heterocycles. The fraction of sp³-hybridized carbons (Fsp3) is 0.300. The summed E-state index contributed by atoms with van der Waals surface area (Å²) in [6, 6.07) is 8.63. The van der Waals surface area contributed by atoms with Crippen LogP contribution in [0.5, 0.6) is 0 Å². The Morgan fingerprint density at radius 1 is 0.542 bits per heavy atom. The summed E-state index contributed by atoms with van der Waals surface area (Å²) in [6.07, 6.45) is 3.56. The van der Waals surface area contributed by atoms with Crippen LogP contribution in [0, 0.1) is 41.5 Å². The maximum Gasteiger partial charge on any atom is 1.00 e. The van der Waals surface area contributed by atoms with Gasteiger partial charge >= 0.3 is 37.7 Å². The largest absolute Gasteiger partial charge is 1.00 e. The topological polar surface area (TPSA) is 28.2 Å². The number of benzene rings is 2. The van der Waals surface area contributed by atoms with Gasteiger partial charge in [0.05, 0.1) is 0 Å². The second-order valence-corrected chi connectivity index (χ2v) is 6.05. The van der Waals surface area contributed by atoms with E-state index >= 15 is 0 Å². The molecule has 0 aromatic heterocycles. The summed E-state index contributed by atoms with van der Waals surface area (Å²) in [5.41, 5.74) is 9.41. The molecule has 4 heteroatoms. The molecule has 0 radical (unpaired) electrons. The molecular weight excluding hydrogens is 282 g/mol. The average molecular weight is 306 g/mol. The van der Waals surface area contributed by atoms with Crippen LogP contribution >= 0.6 is 0 Å². The van der Waals surface area contributed by atoms with E-state index in [1.807, 2.05) is 0 Å². The Morgan fingerprint density at radius 2 is 0.792 bits per heavy atom. The summed E-state index contributed by atoms with van der Waals surface area (Å²) in [6.45, 7) is 12.6. The van der Waals surface area contributed by atoms with Gasteiger partial charge in [0.1, 0.15) is 0 Å². The van der Waals surface area contributed by atoms with Crippen molar-refractivity contribution >= 4 is 11.4 Å².